The minimum Gasteiger partial charge on any atom is -0.481 e. The van der Waals surface area contributed by atoms with Gasteiger partial charge in [0, 0.05) is 26.1 Å². The molecule has 1 saturated heterocycles. The van der Waals surface area contributed by atoms with Crippen molar-refractivity contribution >= 4 is 17.5 Å². The number of carboxylic acid groups (broad SMARTS) is 1. The highest BCUT2D eigenvalue weighted by molar-refractivity contribution is 5.68. The molecule has 0 radical (unpaired) electrons. The van der Waals surface area contributed by atoms with E-state index in [4.69, 9.17) is 5.11 Å². The molecule has 0 unspecified atom stereocenters. The van der Waals surface area contributed by atoms with E-state index in [9.17, 15) is 14.9 Å². The third-order valence-corrected chi connectivity index (χ3v) is 2.71. The van der Waals surface area contributed by atoms with E-state index in [0.717, 1.165) is 0 Å². The number of carboxylic acids is 1. The quantitative estimate of drug-likeness (QED) is 0.597. The molecular formula is C9H12N4O4. The van der Waals surface area contributed by atoms with Crippen LogP contribution in [0.15, 0.2) is 6.20 Å². The van der Waals surface area contributed by atoms with Gasteiger partial charge in [0.1, 0.15) is 6.20 Å². The van der Waals surface area contributed by atoms with Crippen LogP contribution in [0.2, 0.25) is 0 Å². The lowest BCUT2D eigenvalue weighted by Gasteiger charge is -2.38. The molecule has 1 aromatic heterocycles. The summed E-state index contributed by atoms with van der Waals surface area (Å²) in [5, 5.41) is 23.4. The number of nitro groups is 1. The number of aromatic nitrogens is 2. The van der Waals surface area contributed by atoms with Crippen molar-refractivity contribution in [3.63, 3.8) is 0 Å². The zero-order valence-electron chi connectivity index (χ0n) is 9.24. The first kappa shape index (κ1) is 11.4. The number of carbonyl (C=O) groups is 1. The van der Waals surface area contributed by atoms with Crippen LogP contribution in [-0.4, -0.2) is 38.9 Å². The van der Waals surface area contributed by atoms with Crippen molar-refractivity contribution in [2.45, 2.75) is 6.42 Å². The Labute approximate surface area is 96.6 Å². The largest absolute Gasteiger partial charge is 0.481 e. The van der Waals surface area contributed by atoms with Gasteiger partial charge in [-0.1, -0.05) is 0 Å². The van der Waals surface area contributed by atoms with Crippen LogP contribution in [0.1, 0.15) is 6.42 Å². The molecule has 0 saturated carbocycles. The van der Waals surface area contributed by atoms with Crippen LogP contribution in [0.25, 0.3) is 0 Å². The summed E-state index contributed by atoms with van der Waals surface area (Å²) in [4.78, 5) is 22.5. The van der Waals surface area contributed by atoms with Crippen LogP contribution < -0.4 is 4.90 Å². The first-order chi connectivity index (χ1) is 7.97. The Morgan fingerprint density at radius 1 is 1.71 bits per heavy atom. The first-order valence-corrected chi connectivity index (χ1v) is 5.12. The van der Waals surface area contributed by atoms with Gasteiger partial charge in [-0.15, -0.1) is 5.10 Å². The van der Waals surface area contributed by atoms with Crippen LogP contribution in [0.5, 0.6) is 0 Å². The van der Waals surface area contributed by atoms with Crippen molar-refractivity contribution in [2.24, 2.45) is 13.0 Å². The zero-order valence-corrected chi connectivity index (χ0v) is 9.24. The molecule has 0 aromatic carbocycles. The number of hydrogen-bond donors (Lipinski definition) is 1. The molecule has 0 atom stereocenters. The average Bonchev–Trinajstić information content (AvgIpc) is 2.52. The van der Waals surface area contributed by atoms with Crippen LogP contribution in [0.3, 0.4) is 0 Å². The predicted octanol–water partition coefficient (Wildman–Crippen LogP) is 0.239. The lowest BCUT2D eigenvalue weighted by atomic mass is 9.96. The Morgan fingerprint density at radius 2 is 2.35 bits per heavy atom. The molecule has 17 heavy (non-hydrogen) atoms. The van der Waals surface area contributed by atoms with E-state index < -0.39 is 10.9 Å². The summed E-state index contributed by atoms with van der Waals surface area (Å²) in [5.41, 5.74) is -0.0405. The van der Waals surface area contributed by atoms with Crippen LogP contribution in [-0.2, 0) is 11.8 Å². The summed E-state index contributed by atoms with van der Waals surface area (Å²) >= 11 is 0. The van der Waals surface area contributed by atoms with Gasteiger partial charge >= 0.3 is 11.7 Å². The molecule has 1 fully saturated rings. The molecule has 2 heterocycles. The third-order valence-electron chi connectivity index (χ3n) is 2.71. The van der Waals surface area contributed by atoms with Crippen molar-refractivity contribution in [3.05, 3.63) is 16.3 Å². The predicted molar refractivity (Wildman–Crippen MR) is 57.8 cm³/mol. The molecule has 0 amide bonds. The van der Waals surface area contributed by atoms with E-state index in [-0.39, 0.29) is 18.0 Å². The fraction of sp³-hybridized carbons (Fsp3) is 0.556. The van der Waals surface area contributed by atoms with Gasteiger partial charge in [-0.25, -0.2) is 0 Å². The van der Waals surface area contributed by atoms with Gasteiger partial charge in [0.2, 0.25) is 5.82 Å². The molecule has 1 aliphatic rings. The number of aryl methyl sites for hydroxylation is 1. The lowest BCUT2D eigenvalue weighted by Crippen LogP contribution is -2.48. The summed E-state index contributed by atoms with van der Waals surface area (Å²) in [6.07, 6.45) is 1.44. The Morgan fingerprint density at radius 3 is 2.88 bits per heavy atom. The Balaban J connectivity index is 2.06. The summed E-state index contributed by atoms with van der Waals surface area (Å²) in [6, 6.07) is 0. The molecule has 1 aliphatic heterocycles. The van der Waals surface area contributed by atoms with Crippen LogP contribution >= 0.6 is 0 Å². The van der Waals surface area contributed by atoms with E-state index in [2.05, 4.69) is 5.10 Å². The van der Waals surface area contributed by atoms with E-state index in [0.29, 0.717) is 18.9 Å². The summed E-state index contributed by atoms with van der Waals surface area (Å²) in [6.45, 7) is 1.01. The maximum Gasteiger partial charge on any atom is 0.330 e. The Hall–Kier alpha value is -2.12. The topological polar surface area (TPSA) is 102 Å². The molecule has 1 aromatic rings. The van der Waals surface area contributed by atoms with Crippen molar-refractivity contribution < 1.29 is 14.8 Å². The molecule has 0 aliphatic carbocycles. The van der Waals surface area contributed by atoms with Gasteiger partial charge in [-0.2, -0.15) is 0 Å². The van der Waals surface area contributed by atoms with Crippen LogP contribution in [0.4, 0.5) is 11.5 Å². The smallest absolute Gasteiger partial charge is 0.330 e. The van der Waals surface area contributed by atoms with E-state index in [1.807, 2.05) is 0 Å². The zero-order chi connectivity index (χ0) is 12.6. The number of rotatable bonds is 4. The van der Waals surface area contributed by atoms with Crippen molar-refractivity contribution in [3.8, 4) is 0 Å². The third kappa shape index (κ3) is 2.19. The molecule has 8 nitrogen and oxygen atoms in total. The second-order valence-electron chi connectivity index (χ2n) is 4.14. The van der Waals surface area contributed by atoms with E-state index >= 15 is 0 Å². The molecular weight excluding hydrogens is 228 g/mol. The second kappa shape index (κ2) is 4.04. The average molecular weight is 240 g/mol. The highest BCUT2D eigenvalue weighted by Crippen LogP contribution is 2.32. The van der Waals surface area contributed by atoms with Crippen molar-refractivity contribution in [1.82, 2.24) is 9.78 Å². The SMILES string of the molecule is Cn1cc([N+](=O)[O-])c(N2CC(CC(=O)O)C2)n1. The highest BCUT2D eigenvalue weighted by Gasteiger charge is 2.34. The molecule has 2 rings (SSSR count). The minimum atomic E-state index is -0.842. The van der Waals surface area contributed by atoms with Gasteiger partial charge in [0.15, 0.2) is 0 Å². The van der Waals surface area contributed by atoms with E-state index in [1.165, 1.54) is 10.9 Å². The lowest BCUT2D eigenvalue weighted by molar-refractivity contribution is -0.384. The number of aliphatic carboxylic acids is 1. The number of hydrogen-bond acceptors (Lipinski definition) is 5. The standard InChI is InChI=1S/C9H12N4O4/c1-11-5-7(13(16)17)9(10-11)12-3-6(4-12)2-8(14)15/h5-6H,2-4H2,1H3,(H,14,15). The second-order valence-corrected chi connectivity index (χ2v) is 4.14. The normalized spacial score (nSPS) is 15.7. The monoisotopic (exact) mass is 240 g/mol. The highest BCUT2D eigenvalue weighted by atomic mass is 16.6. The van der Waals surface area contributed by atoms with Gasteiger partial charge in [-0.3, -0.25) is 19.6 Å². The van der Waals surface area contributed by atoms with Gasteiger partial charge in [-0.05, 0) is 0 Å². The number of anilines is 1. The summed E-state index contributed by atoms with van der Waals surface area (Å²) < 4.78 is 1.39. The van der Waals surface area contributed by atoms with Gasteiger partial charge < -0.3 is 10.0 Å². The minimum absolute atomic E-state index is 0.0405. The molecule has 1 N–H and O–H groups in total. The first-order valence-electron chi connectivity index (χ1n) is 5.12. The molecule has 0 spiro atoms. The van der Waals surface area contributed by atoms with Crippen LogP contribution in [0, 0.1) is 16.0 Å². The van der Waals surface area contributed by atoms with Gasteiger partial charge in [0.25, 0.3) is 0 Å². The fourth-order valence-electron chi connectivity index (χ4n) is 1.94. The Bertz CT molecular complexity index is 464. The number of nitrogens with zero attached hydrogens (tertiary/aromatic N) is 4. The van der Waals surface area contributed by atoms with Crippen molar-refractivity contribution in [1.29, 1.82) is 0 Å². The Kier molecular flexibility index (Phi) is 2.70. The summed E-state index contributed by atoms with van der Waals surface area (Å²) in [7, 11) is 1.62. The molecule has 8 heteroatoms. The maximum atomic E-state index is 10.8. The van der Waals surface area contributed by atoms with Crippen molar-refractivity contribution in [2.75, 3.05) is 18.0 Å². The molecule has 0 bridgehead atoms. The fourth-order valence-corrected chi connectivity index (χ4v) is 1.94. The molecule has 92 valence electrons. The van der Waals surface area contributed by atoms with E-state index in [1.54, 1.807) is 11.9 Å². The maximum absolute atomic E-state index is 10.8. The summed E-state index contributed by atoms with van der Waals surface area (Å²) in [5.74, 6) is -0.474. The van der Waals surface area contributed by atoms with Gasteiger partial charge in [0.05, 0.1) is 11.3 Å².